The Kier molecular flexibility index (Phi) is 4.65. The summed E-state index contributed by atoms with van der Waals surface area (Å²) >= 11 is 0. The monoisotopic (exact) mass is 339 g/mol. The second-order valence-electron chi connectivity index (χ2n) is 8.17. The molecule has 1 aliphatic carbocycles. The predicted octanol–water partition coefficient (Wildman–Crippen LogP) is 3.65. The highest BCUT2D eigenvalue weighted by Gasteiger charge is 2.34. The van der Waals surface area contributed by atoms with E-state index in [1.807, 2.05) is 0 Å². The van der Waals surface area contributed by atoms with Crippen LogP contribution in [0.1, 0.15) is 49.3 Å². The molecule has 4 heteroatoms. The van der Waals surface area contributed by atoms with Gasteiger partial charge in [-0.05, 0) is 38.7 Å². The van der Waals surface area contributed by atoms with Gasteiger partial charge in [0, 0.05) is 50.2 Å². The van der Waals surface area contributed by atoms with E-state index < -0.39 is 0 Å². The van der Waals surface area contributed by atoms with Crippen molar-refractivity contribution in [3.8, 4) is 0 Å². The molecule has 0 radical (unpaired) electrons. The smallest absolute Gasteiger partial charge is 0.140 e. The number of fused-ring (bicyclic) bond motifs is 1. The summed E-state index contributed by atoms with van der Waals surface area (Å²) in [6, 6.07) is 10.8. The van der Waals surface area contributed by atoms with Crippen molar-refractivity contribution >= 4 is 0 Å². The lowest BCUT2D eigenvalue weighted by Gasteiger charge is -2.47. The van der Waals surface area contributed by atoms with E-state index in [0.717, 1.165) is 51.3 Å². The predicted molar refractivity (Wildman–Crippen MR) is 99.4 cm³/mol. The van der Waals surface area contributed by atoms with Gasteiger partial charge in [-0.1, -0.05) is 35.5 Å². The van der Waals surface area contributed by atoms with E-state index in [9.17, 15) is 0 Å². The van der Waals surface area contributed by atoms with Crippen molar-refractivity contribution in [1.82, 2.24) is 15.0 Å². The fourth-order valence-corrected chi connectivity index (χ4v) is 4.31. The quantitative estimate of drug-likeness (QED) is 0.851. The Morgan fingerprint density at radius 1 is 1.04 bits per heavy atom. The SMILES string of the molecule is CC1(C)CN(Cc2noc3c2CCCC3)CCN1Cc1ccccc1. The molecule has 2 heterocycles. The molecule has 4 nitrogen and oxygen atoms in total. The Labute approximate surface area is 150 Å². The van der Waals surface area contributed by atoms with E-state index in [0.29, 0.717) is 0 Å². The van der Waals surface area contributed by atoms with Gasteiger partial charge < -0.3 is 4.52 Å². The Bertz CT molecular complexity index is 707. The summed E-state index contributed by atoms with van der Waals surface area (Å²) in [5.74, 6) is 1.14. The molecule has 2 aromatic rings. The molecule has 0 spiro atoms. The van der Waals surface area contributed by atoms with Crippen molar-refractivity contribution in [2.75, 3.05) is 19.6 Å². The molecule has 1 aromatic carbocycles. The number of rotatable bonds is 4. The Balaban J connectivity index is 1.41. The van der Waals surface area contributed by atoms with Crippen LogP contribution in [0.5, 0.6) is 0 Å². The topological polar surface area (TPSA) is 32.5 Å². The largest absolute Gasteiger partial charge is 0.361 e. The van der Waals surface area contributed by atoms with Crippen LogP contribution in [0.4, 0.5) is 0 Å². The molecule has 1 saturated heterocycles. The number of nitrogens with zero attached hydrogens (tertiary/aromatic N) is 3. The molecule has 2 aliphatic rings. The lowest BCUT2D eigenvalue weighted by molar-refractivity contribution is 0.00940. The van der Waals surface area contributed by atoms with Crippen LogP contribution >= 0.6 is 0 Å². The standard InChI is InChI=1S/C21H29N3O/c1-21(2)16-23(12-13-24(21)14-17-8-4-3-5-9-17)15-19-18-10-6-7-11-20(18)25-22-19/h3-5,8-9H,6-7,10-16H2,1-2H3. The summed E-state index contributed by atoms with van der Waals surface area (Å²) in [4.78, 5) is 5.16. The molecule has 0 atom stereocenters. The van der Waals surface area contributed by atoms with E-state index >= 15 is 0 Å². The van der Waals surface area contributed by atoms with Gasteiger partial charge in [-0.15, -0.1) is 0 Å². The summed E-state index contributed by atoms with van der Waals surface area (Å²) in [6.45, 7) is 9.95. The molecular formula is C21H29N3O. The van der Waals surface area contributed by atoms with E-state index in [-0.39, 0.29) is 5.54 Å². The van der Waals surface area contributed by atoms with Crippen LogP contribution in [0.15, 0.2) is 34.9 Å². The molecule has 4 rings (SSSR count). The third-order valence-electron chi connectivity index (χ3n) is 5.77. The first-order valence-corrected chi connectivity index (χ1v) is 9.59. The van der Waals surface area contributed by atoms with Crippen LogP contribution in [0.3, 0.4) is 0 Å². The maximum Gasteiger partial charge on any atom is 0.140 e. The minimum Gasteiger partial charge on any atom is -0.361 e. The van der Waals surface area contributed by atoms with Gasteiger partial charge in [0.15, 0.2) is 0 Å². The highest BCUT2D eigenvalue weighted by Crippen LogP contribution is 2.28. The van der Waals surface area contributed by atoms with Crippen molar-refractivity contribution < 1.29 is 4.52 Å². The zero-order valence-corrected chi connectivity index (χ0v) is 15.5. The maximum absolute atomic E-state index is 5.59. The summed E-state index contributed by atoms with van der Waals surface area (Å²) in [5, 5.41) is 4.40. The summed E-state index contributed by atoms with van der Waals surface area (Å²) in [6.07, 6.45) is 4.73. The average molecular weight is 339 g/mol. The van der Waals surface area contributed by atoms with Crippen molar-refractivity contribution in [2.24, 2.45) is 0 Å². The zero-order chi connectivity index (χ0) is 17.3. The van der Waals surface area contributed by atoms with Crippen LogP contribution in [-0.2, 0) is 25.9 Å². The number of hydrogen-bond donors (Lipinski definition) is 0. The number of aryl methyl sites for hydroxylation is 1. The number of hydrogen-bond acceptors (Lipinski definition) is 4. The average Bonchev–Trinajstić information content (AvgIpc) is 3.01. The van der Waals surface area contributed by atoms with Gasteiger partial charge in [0.2, 0.25) is 0 Å². The van der Waals surface area contributed by atoms with Crippen LogP contribution in [-0.4, -0.2) is 40.1 Å². The molecule has 134 valence electrons. The minimum absolute atomic E-state index is 0.165. The van der Waals surface area contributed by atoms with Gasteiger partial charge in [0.05, 0.1) is 0 Å². The molecule has 1 aliphatic heterocycles. The van der Waals surface area contributed by atoms with E-state index in [4.69, 9.17) is 4.52 Å². The molecule has 0 N–H and O–H groups in total. The molecule has 0 amide bonds. The first-order valence-electron chi connectivity index (χ1n) is 9.59. The summed E-state index contributed by atoms with van der Waals surface area (Å²) < 4.78 is 5.59. The van der Waals surface area contributed by atoms with E-state index in [2.05, 4.69) is 59.1 Å². The van der Waals surface area contributed by atoms with Crippen molar-refractivity contribution in [1.29, 1.82) is 0 Å². The fourth-order valence-electron chi connectivity index (χ4n) is 4.31. The fraction of sp³-hybridized carbons (Fsp3) is 0.571. The minimum atomic E-state index is 0.165. The third kappa shape index (κ3) is 3.65. The van der Waals surface area contributed by atoms with Gasteiger partial charge >= 0.3 is 0 Å². The van der Waals surface area contributed by atoms with Gasteiger partial charge in [-0.3, -0.25) is 9.80 Å². The molecular weight excluding hydrogens is 310 g/mol. The molecule has 0 unspecified atom stereocenters. The van der Waals surface area contributed by atoms with E-state index in [1.54, 1.807) is 0 Å². The van der Waals surface area contributed by atoms with Crippen LogP contribution in [0.2, 0.25) is 0 Å². The third-order valence-corrected chi connectivity index (χ3v) is 5.77. The Morgan fingerprint density at radius 2 is 1.84 bits per heavy atom. The van der Waals surface area contributed by atoms with Gasteiger partial charge in [-0.2, -0.15) is 0 Å². The maximum atomic E-state index is 5.59. The van der Waals surface area contributed by atoms with Crippen LogP contribution < -0.4 is 0 Å². The lowest BCUT2D eigenvalue weighted by atomic mass is 9.95. The zero-order valence-electron chi connectivity index (χ0n) is 15.5. The Morgan fingerprint density at radius 3 is 2.64 bits per heavy atom. The van der Waals surface area contributed by atoms with Crippen LogP contribution in [0, 0.1) is 0 Å². The molecule has 25 heavy (non-hydrogen) atoms. The van der Waals surface area contributed by atoms with Gasteiger partial charge in [-0.25, -0.2) is 0 Å². The van der Waals surface area contributed by atoms with Crippen molar-refractivity contribution in [2.45, 2.75) is 58.2 Å². The Hall–Kier alpha value is -1.65. The van der Waals surface area contributed by atoms with Gasteiger partial charge in [0.1, 0.15) is 11.5 Å². The van der Waals surface area contributed by atoms with Gasteiger partial charge in [0.25, 0.3) is 0 Å². The number of aromatic nitrogens is 1. The molecule has 1 fully saturated rings. The molecule has 0 saturated carbocycles. The first-order chi connectivity index (χ1) is 12.1. The highest BCUT2D eigenvalue weighted by atomic mass is 16.5. The first kappa shape index (κ1) is 16.8. The number of benzene rings is 1. The highest BCUT2D eigenvalue weighted by molar-refractivity contribution is 5.25. The second-order valence-corrected chi connectivity index (χ2v) is 8.17. The summed E-state index contributed by atoms with van der Waals surface area (Å²) in [5.41, 5.74) is 4.14. The number of piperazine rings is 1. The summed E-state index contributed by atoms with van der Waals surface area (Å²) in [7, 11) is 0. The lowest BCUT2D eigenvalue weighted by Crippen LogP contribution is -2.58. The van der Waals surface area contributed by atoms with Crippen LogP contribution in [0.25, 0.3) is 0 Å². The molecule has 0 bridgehead atoms. The normalized spacial score (nSPS) is 21.2. The second kappa shape index (κ2) is 6.93. The van der Waals surface area contributed by atoms with Crippen molar-refractivity contribution in [3.05, 3.63) is 52.9 Å². The van der Waals surface area contributed by atoms with Crippen molar-refractivity contribution in [3.63, 3.8) is 0 Å². The van der Waals surface area contributed by atoms with E-state index in [1.165, 1.54) is 29.7 Å². The molecule has 1 aromatic heterocycles.